The number of carbonyl (C=O) groups excluding carboxylic acids is 1. The highest BCUT2D eigenvalue weighted by Gasteiger charge is 2.37. The molecule has 0 fully saturated rings. The fourth-order valence-electron chi connectivity index (χ4n) is 4.46. The van der Waals surface area contributed by atoms with Gasteiger partial charge in [-0.25, -0.2) is 0 Å². The third-order valence-corrected chi connectivity index (χ3v) is 6.68. The summed E-state index contributed by atoms with van der Waals surface area (Å²) in [4.78, 5) is 12.9. The van der Waals surface area contributed by atoms with Gasteiger partial charge in [-0.1, -0.05) is 57.2 Å². The minimum absolute atomic E-state index is 0.0471. The fraction of sp³-hybridized carbons (Fsp3) is 0.286. The Morgan fingerprint density at radius 1 is 0.568 bits per heavy atom. The smallest absolute Gasteiger partial charge is 0.420 e. The van der Waals surface area contributed by atoms with Crippen LogP contribution in [0.5, 0.6) is 17.2 Å². The molecule has 0 amide bonds. The number of benzene rings is 4. The molecule has 0 N–H and O–H groups in total. The Balaban J connectivity index is 1.61. The molecule has 0 aliphatic heterocycles. The lowest BCUT2D eigenvalue weighted by Crippen LogP contribution is -2.24. The van der Waals surface area contributed by atoms with Crippen LogP contribution >= 0.6 is 0 Å². The van der Waals surface area contributed by atoms with E-state index < -0.39 is 40.6 Å². The van der Waals surface area contributed by atoms with Gasteiger partial charge in [-0.15, -0.1) is 0 Å². The van der Waals surface area contributed by atoms with Crippen LogP contribution in [0.25, 0.3) is 11.1 Å². The van der Waals surface area contributed by atoms with Crippen molar-refractivity contribution in [2.24, 2.45) is 0 Å². The Bertz CT molecular complexity index is 1640. The van der Waals surface area contributed by atoms with Gasteiger partial charge >= 0.3 is 12.4 Å². The molecule has 0 atom stereocenters. The average molecular weight is 615 g/mol. The van der Waals surface area contributed by atoms with E-state index in [1.807, 2.05) is 12.1 Å². The Labute approximate surface area is 252 Å². The van der Waals surface area contributed by atoms with Crippen LogP contribution in [0.15, 0.2) is 84.9 Å². The first-order chi connectivity index (χ1) is 20.2. The number of rotatable bonds is 6. The predicted molar refractivity (Wildman–Crippen MR) is 157 cm³/mol. The van der Waals surface area contributed by atoms with Gasteiger partial charge in [0, 0.05) is 11.1 Å². The molecule has 3 nitrogen and oxygen atoms in total. The third kappa shape index (κ3) is 7.81. The van der Waals surface area contributed by atoms with Crippen molar-refractivity contribution in [3.63, 3.8) is 0 Å². The topological polar surface area (TPSA) is 35.5 Å². The van der Waals surface area contributed by atoms with Gasteiger partial charge < -0.3 is 9.47 Å². The number of carbonyl (C=O) groups is 1. The maximum atomic E-state index is 14.1. The van der Waals surface area contributed by atoms with Crippen molar-refractivity contribution in [3.8, 4) is 28.4 Å². The zero-order valence-corrected chi connectivity index (χ0v) is 25.1. The second-order valence-corrected chi connectivity index (χ2v) is 12.4. The van der Waals surface area contributed by atoms with Crippen LogP contribution in [-0.4, -0.2) is 11.4 Å². The second-order valence-electron chi connectivity index (χ2n) is 12.4. The van der Waals surface area contributed by atoms with E-state index >= 15 is 0 Å². The van der Waals surface area contributed by atoms with E-state index in [1.165, 1.54) is 36.4 Å². The third-order valence-electron chi connectivity index (χ3n) is 6.68. The van der Waals surface area contributed by atoms with Crippen LogP contribution in [-0.2, 0) is 17.8 Å². The van der Waals surface area contributed by atoms with Crippen molar-refractivity contribution >= 4 is 5.78 Å². The lowest BCUT2D eigenvalue weighted by Gasteiger charge is -2.24. The van der Waals surface area contributed by atoms with Crippen molar-refractivity contribution in [1.29, 1.82) is 0 Å². The summed E-state index contributed by atoms with van der Waals surface area (Å²) < 4.78 is 94.8. The number of hydrogen-bond acceptors (Lipinski definition) is 3. The molecule has 0 saturated heterocycles. The normalized spacial score (nSPS) is 12.6. The summed E-state index contributed by atoms with van der Waals surface area (Å²) in [6, 6.07) is 19.1. The molecule has 0 bridgehead atoms. The molecule has 4 aromatic rings. The summed E-state index contributed by atoms with van der Waals surface area (Å²) in [7, 11) is 0. The molecule has 232 valence electrons. The molecular weight excluding hydrogens is 582 g/mol. The number of halogens is 6. The van der Waals surface area contributed by atoms with Crippen molar-refractivity contribution < 1.29 is 40.6 Å². The highest BCUT2D eigenvalue weighted by Crippen LogP contribution is 2.43. The summed E-state index contributed by atoms with van der Waals surface area (Å²) >= 11 is 0. The predicted octanol–water partition coefficient (Wildman–Crippen LogP) is 10.9. The van der Waals surface area contributed by atoms with Gasteiger partial charge in [-0.2, -0.15) is 26.3 Å². The Kier molecular flexibility index (Phi) is 8.66. The van der Waals surface area contributed by atoms with Gasteiger partial charge in [-0.05, 0) is 91.4 Å². The number of alkyl halides is 6. The summed E-state index contributed by atoms with van der Waals surface area (Å²) in [6.07, 6.45) is -9.67. The molecule has 4 aromatic carbocycles. The highest BCUT2D eigenvalue weighted by atomic mass is 19.4. The monoisotopic (exact) mass is 614 g/mol. The average Bonchev–Trinajstić information content (AvgIpc) is 2.91. The first-order valence-corrected chi connectivity index (χ1v) is 13.8. The first kappa shape index (κ1) is 32.6. The van der Waals surface area contributed by atoms with Gasteiger partial charge in [0.15, 0.2) is 5.78 Å². The summed E-state index contributed by atoms with van der Waals surface area (Å²) in [5.74, 6) is -1.17. The summed E-state index contributed by atoms with van der Waals surface area (Å²) in [5, 5.41) is 0. The summed E-state index contributed by atoms with van der Waals surface area (Å²) in [6.45, 7) is 10.9. The number of hydrogen-bond donors (Lipinski definition) is 0. The lowest BCUT2D eigenvalue weighted by atomic mass is 9.86. The number of ketones is 1. The fourth-order valence-corrected chi connectivity index (χ4v) is 4.46. The van der Waals surface area contributed by atoms with E-state index in [9.17, 15) is 31.1 Å². The standard InChI is InChI=1S/C35H32F6O3/c1-32(2,3)25-13-7-21(8-14-25)31(42)22-9-15-26(16-10-22)43-29-17-11-23(19-27(29)34(36,37)38)24-12-18-30(44-33(4,5)6)28(20-24)35(39,40)41/h7-20H,1-6H3. The van der Waals surface area contributed by atoms with Crippen molar-refractivity contribution in [3.05, 3.63) is 113 Å². The van der Waals surface area contributed by atoms with E-state index in [4.69, 9.17) is 9.47 Å². The quantitative estimate of drug-likeness (QED) is 0.160. The van der Waals surface area contributed by atoms with E-state index in [2.05, 4.69) is 20.8 Å². The molecule has 0 radical (unpaired) electrons. The van der Waals surface area contributed by atoms with Crippen molar-refractivity contribution in [1.82, 2.24) is 0 Å². The second kappa shape index (κ2) is 11.7. The molecule has 0 unspecified atom stereocenters. The van der Waals surface area contributed by atoms with Crippen LogP contribution in [0.4, 0.5) is 26.3 Å². The van der Waals surface area contributed by atoms with Crippen molar-refractivity contribution in [2.45, 2.75) is 64.9 Å². The van der Waals surface area contributed by atoms with Crippen LogP contribution in [0, 0.1) is 0 Å². The molecule has 0 aliphatic rings. The molecule has 0 aromatic heterocycles. The minimum Gasteiger partial charge on any atom is -0.488 e. The molecule has 0 aliphatic carbocycles. The molecule has 44 heavy (non-hydrogen) atoms. The number of ether oxygens (including phenoxy) is 2. The molecule has 4 rings (SSSR count). The van der Waals surface area contributed by atoms with E-state index in [0.717, 1.165) is 29.8 Å². The van der Waals surface area contributed by atoms with Gasteiger partial charge in [-0.3, -0.25) is 4.79 Å². The molecular formula is C35H32F6O3. The van der Waals surface area contributed by atoms with Crippen LogP contribution in [0.1, 0.15) is 74.2 Å². The van der Waals surface area contributed by atoms with Gasteiger partial charge in [0.25, 0.3) is 0 Å². The zero-order valence-electron chi connectivity index (χ0n) is 25.1. The minimum atomic E-state index is -4.87. The Morgan fingerprint density at radius 3 is 1.43 bits per heavy atom. The molecule has 9 heteroatoms. The zero-order chi connectivity index (χ0) is 32.7. The highest BCUT2D eigenvalue weighted by molar-refractivity contribution is 6.09. The van der Waals surface area contributed by atoms with Gasteiger partial charge in [0.05, 0.1) is 11.1 Å². The first-order valence-electron chi connectivity index (χ1n) is 13.8. The largest absolute Gasteiger partial charge is 0.488 e. The molecule has 0 heterocycles. The van der Waals surface area contributed by atoms with E-state index in [0.29, 0.717) is 11.1 Å². The van der Waals surface area contributed by atoms with Crippen LogP contribution < -0.4 is 9.47 Å². The van der Waals surface area contributed by atoms with Crippen LogP contribution in [0.2, 0.25) is 0 Å². The van der Waals surface area contributed by atoms with Gasteiger partial charge in [0.2, 0.25) is 0 Å². The van der Waals surface area contributed by atoms with E-state index in [-0.39, 0.29) is 28.1 Å². The lowest BCUT2D eigenvalue weighted by molar-refractivity contribution is -0.140. The van der Waals surface area contributed by atoms with Crippen molar-refractivity contribution in [2.75, 3.05) is 0 Å². The molecule has 0 spiro atoms. The van der Waals surface area contributed by atoms with Gasteiger partial charge in [0.1, 0.15) is 22.8 Å². The SMILES string of the molecule is CC(C)(C)Oc1ccc(-c2ccc(Oc3ccc(C(=O)c4ccc(C(C)(C)C)cc4)cc3)c(C(F)(F)F)c2)cc1C(F)(F)F. The van der Waals surface area contributed by atoms with Crippen LogP contribution in [0.3, 0.4) is 0 Å². The maximum Gasteiger partial charge on any atom is 0.420 e. The summed E-state index contributed by atoms with van der Waals surface area (Å²) in [5.41, 5.74) is -1.57. The Morgan fingerprint density at radius 2 is 1.00 bits per heavy atom. The molecule has 0 saturated carbocycles. The Hall–Kier alpha value is -4.27. The van der Waals surface area contributed by atoms with E-state index in [1.54, 1.807) is 32.9 Å². The maximum absolute atomic E-state index is 14.1.